The maximum Gasteiger partial charge on any atom is 0.317 e. The van der Waals surface area contributed by atoms with E-state index in [1.54, 1.807) is 18.2 Å². The summed E-state index contributed by atoms with van der Waals surface area (Å²) in [5.41, 5.74) is 1.05. The zero-order valence-electron chi connectivity index (χ0n) is 10.4. The Kier molecular flexibility index (Phi) is 4.17. The number of carbonyl (C=O) groups is 1. The van der Waals surface area contributed by atoms with Crippen LogP contribution < -0.4 is 10.1 Å². The number of nitrogens with one attached hydrogen (secondary N) is 1. The third-order valence-corrected chi connectivity index (χ3v) is 2.73. The standard InChI is InChI=1S/C13H17N3O2/c1-14-10-11-2-4-12(5-3-11)18-9-8-16-7-6-15-13(16)17/h2-5,10H,6-9H2,1H3,(H,15,17)/b14-10+. The highest BCUT2D eigenvalue weighted by Crippen LogP contribution is 2.11. The van der Waals surface area contributed by atoms with Gasteiger partial charge in [-0.2, -0.15) is 0 Å². The molecule has 0 bridgehead atoms. The molecule has 96 valence electrons. The van der Waals surface area contributed by atoms with Crippen molar-refractivity contribution in [2.45, 2.75) is 0 Å². The molecule has 0 spiro atoms. The minimum atomic E-state index is -0.00638. The fourth-order valence-electron chi connectivity index (χ4n) is 1.80. The van der Waals surface area contributed by atoms with Gasteiger partial charge in [0.2, 0.25) is 0 Å². The second-order valence-corrected chi connectivity index (χ2v) is 4.02. The summed E-state index contributed by atoms with van der Waals surface area (Å²) in [6.45, 7) is 2.61. The lowest BCUT2D eigenvalue weighted by atomic mass is 10.2. The van der Waals surface area contributed by atoms with Crippen LogP contribution in [-0.2, 0) is 0 Å². The SMILES string of the molecule is C/N=C/c1ccc(OCCN2CCNC2=O)cc1. The molecular weight excluding hydrogens is 230 g/mol. The first-order valence-corrected chi connectivity index (χ1v) is 5.97. The Morgan fingerprint density at radius 1 is 1.44 bits per heavy atom. The summed E-state index contributed by atoms with van der Waals surface area (Å²) in [6, 6.07) is 7.70. The fraction of sp³-hybridized carbons (Fsp3) is 0.385. The van der Waals surface area contributed by atoms with Crippen LogP contribution in [0.25, 0.3) is 0 Å². The number of nitrogens with zero attached hydrogens (tertiary/aromatic N) is 2. The molecule has 0 aliphatic carbocycles. The van der Waals surface area contributed by atoms with Crippen LogP contribution in [0, 0.1) is 0 Å². The Morgan fingerprint density at radius 3 is 2.83 bits per heavy atom. The van der Waals surface area contributed by atoms with Crippen molar-refractivity contribution in [3.05, 3.63) is 29.8 Å². The van der Waals surface area contributed by atoms with Crippen molar-refractivity contribution in [2.75, 3.05) is 33.3 Å². The van der Waals surface area contributed by atoms with Gasteiger partial charge in [-0.3, -0.25) is 4.99 Å². The molecule has 1 fully saturated rings. The van der Waals surface area contributed by atoms with E-state index >= 15 is 0 Å². The highest BCUT2D eigenvalue weighted by atomic mass is 16.5. The third-order valence-electron chi connectivity index (χ3n) is 2.73. The van der Waals surface area contributed by atoms with Crippen LogP contribution in [0.3, 0.4) is 0 Å². The molecule has 0 radical (unpaired) electrons. The first-order chi connectivity index (χ1) is 8.79. The monoisotopic (exact) mass is 247 g/mol. The molecule has 1 aliphatic rings. The molecule has 1 aromatic carbocycles. The van der Waals surface area contributed by atoms with Gasteiger partial charge in [0.1, 0.15) is 12.4 Å². The van der Waals surface area contributed by atoms with Gasteiger partial charge in [-0.25, -0.2) is 4.79 Å². The predicted molar refractivity (Wildman–Crippen MR) is 70.4 cm³/mol. The van der Waals surface area contributed by atoms with E-state index in [0.717, 1.165) is 24.4 Å². The van der Waals surface area contributed by atoms with E-state index in [9.17, 15) is 4.79 Å². The summed E-state index contributed by atoms with van der Waals surface area (Å²) in [6.07, 6.45) is 1.79. The van der Waals surface area contributed by atoms with Gasteiger partial charge in [0, 0.05) is 26.4 Å². The van der Waals surface area contributed by atoms with Crippen molar-refractivity contribution in [3.63, 3.8) is 0 Å². The average molecular weight is 247 g/mol. The molecule has 5 heteroatoms. The maximum absolute atomic E-state index is 11.3. The van der Waals surface area contributed by atoms with E-state index < -0.39 is 0 Å². The summed E-state index contributed by atoms with van der Waals surface area (Å²) >= 11 is 0. The number of hydrogen-bond donors (Lipinski definition) is 1. The summed E-state index contributed by atoms with van der Waals surface area (Å²) in [7, 11) is 1.74. The molecule has 0 unspecified atom stereocenters. The van der Waals surface area contributed by atoms with E-state index in [1.165, 1.54) is 0 Å². The molecule has 0 aromatic heterocycles. The first-order valence-electron chi connectivity index (χ1n) is 5.97. The van der Waals surface area contributed by atoms with Crippen LogP contribution >= 0.6 is 0 Å². The van der Waals surface area contributed by atoms with Crippen molar-refractivity contribution in [1.82, 2.24) is 10.2 Å². The Morgan fingerprint density at radius 2 is 2.22 bits per heavy atom. The molecule has 1 aliphatic heterocycles. The second-order valence-electron chi connectivity index (χ2n) is 4.02. The highest BCUT2D eigenvalue weighted by Gasteiger charge is 2.18. The number of ether oxygens (including phenoxy) is 1. The molecule has 2 rings (SSSR count). The van der Waals surface area contributed by atoms with Gasteiger partial charge in [-0.05, 0) is 29.8 Å². The van der Waals surface area contributed by atoms with Gasteiger partial charge in [-0.1, -0.05) is 0 Å². The lowest BCUT2D eigenvalue weighted by molar-refractivity contribution is 0.202. The van der Waals surface area contributed by atoms with Gasteiger partial charge >= 0.3 is 6.03 Å². The van der Waals surface area contributed by atoms with Crippen LogP contribution in [-0.4, -0.2) is 50.4 Å². The van der Waals surface area contributed by atoms with E-state index in [4.69, 9.17) is 4.74 Å². The number of amides is 2. The van der Waals surface area contributed by atoms with Crippen molar-refractivity contribution in [3.8, 4) is 5.75 Å². The molecule has 0 atom stereocenters. The predicted octanol–water partition coefficient (Wildman–Crippen LogP) is 1.14. The topological polar surface area (TPSA) is 53.9 Å². The van der Waals surface area contributed by atoms with Crippen LogP contribution in [0.4, 0.5) is 4.79 Å². The number of aliphatic imine (C=N–C) groups is 1. The zero-order valence-corrected chi connectivity index (χ0v) is 10.4. The van der Waals surface area contributed by atoms with Crippen LogP contribution in [0.2, 0.25) is 0 Å². The molecule has 1 heterocycles. The summed E-state index contributed by atoms with van der Waals surface area (Å²) in [5.74, 6) is 0.808. The summed E-state index contributed by atoms with van der Waals surface area (Å²) < 4.78 is 5.58. The summed E-state index contributed by atoms with van der Waals surface area (Å²) in [4.78, 5) is 17.0. The largest absolute Gasteiger partial charge is 0.492 e. The van der Waals surface area contributed by atoms with Crippen LogP contribution in [0.15, 0.2) is 29.3 Å². The Bertz CT molecular complexity index is 428. The van der Waals surface area contributed by atoms with E-state index in [1.807, 2.05) is 24.3 Å². The van der Waals surface area contributed by atoms with Crippen molar-refractivity contribution >= 4 is 12.2 Å². The molecule has 5 nitrogen and oxygen atoms in total. The number of rotatable bonds is 5. The molecule has 1 saturated heterocycles. The van der Waals surface area contributed by atoms with E-state index in [-0.39, 0.29) is 6.03 Å². The molecule has 0 saturated carbocycles. The molecule has 2 amide bonds. The minimum absolute atomic E-state index is 0.00638. The lowest BCUT2D eigenvalue weighted by Crippen LogP contribution is -2.31. The number of urea groups is 1. The van der Waals surface area contributed by atoms with Gasteiger partial charge in [0.15, 0.2) is 0 Å². The Labute approximate surface area is 106 Å². The van der Waals surface area contributed by atoms with Gasteiger partial charge < -0.3 is 15.0 Å². The molecule has 1 aromatic rings. The zero-order chi connectivity index (χ0) is 12.8. The molecular formula is C13H17N3O2. The van der Waals surface area contributed by atoms with Gasteiger partial charge in [0.05, 0.1) is 6.54 Å². The molecule has 18 heavy (non-hydrogen) atoms. The highest BCUT2D eigenvalue weighted by molar-refractivity contribution is 5.79. The third kappa shape index (κ3) is 3.23. The Balaban J connectivity index is 1.77. The number of carbonyl (C=O) groups excluding carboxylic acids is 1. The van der Waals surface area contributed by atoms with Crippen molar-refractivity contribution < 1.29 is 9.53 Å². The Hall–Kier alpha value is -2.04. The summed E-state index contributed by atoms with van der Waals surface area (Å²) in [5, 5.41) is 2.76. The van der Waals surface area contributed by atoms with E-state index in [2.05, 4.69) is 10.3 Å². The second kappa shape index (κ2) is 6.05. The van der Waals surface area contributed by atoms with E-state index in [0.29, 0.717) is 13.2 Å². The average Bonchev–Trinajstić information content (AvgIpc) is 2.78. The normalized spacial score (nSPS) is 15.2. The maximum atomic E-state index is 11.3. The lowest BCUT2D eigenvalue weighted by Gasteiger charge is -2.14. The van der Waals surface area contributed by atoms with Gasteiger partial charge in [0.25, 0.3) is 0 Å². The quantitative estimate of drug-likeness (QED) is 0.793. The van der Waals surface area contributed by atoms with Crippen molar-refractivity contribution in [2.24, 2.45) is 4.99 Å². The minimum Gasteiger partial charge on any atom is -0.492 e. The van der Waals surface area contributed by atoms with Crippen LogP contribution in [0.1, 0.15) is 5.56 Å². The van der Waals surface area contributed by atoms with Crippen LogP contribution in [0.5, 0.6) is 5.75 Å². The first kappa shape index (κ1) is 12.4. The molecule has 1 N–H and O–H groups in total. The fourth-order valence-corrected chi connectivity index (χ4v) is 1.80. The number of benzene rings is 1. The van der Waals surface area contributed by atoms with Crippen molar-refractivity contribution in [1.29, 1.82) is 0 Å². The number of hydrogen-bond acceptors (Lipinski definition) is 3. The smallest absolute Gasteiger partial charge is 0.317 e. The van der Waals surface area contributed by atoms with Gasteiger partial charge in [-0.15, -0.1) is 0 Å².